The molecule has 1 atom stereocenters. The average Bonchev–Trinajstić information content (AvgIpc) is 2.39. The zero-order valence-corrected chi connectivity index (χ0v) is 12.3. The number of aliphatic hydroxyl groups is 1. The van der Waals surface area contributed by atoms with Crippen LogP contribution in [0.5, 0.6) is 5.75 Å². The number of rotatable bonds is 8. The van der Waals surface area contributed by atoms with E-state index in [9.17, 15) is 10.1 Å². The van der Waals surface area contributed by atoms with Gasteiger partial charge >= 0.3 is 5.69 Å². The first-order chi connectivity index (χ1) is 9.49. The van der Waals surface area contributed by atoms with Crippen LogP contribution in [0, 0.1) is 10.1 Å². The summed E-state index contributed by atoms with van der Waals surface area (Å²) in [6.45, 7) is 3.18. The van der Waals surface area contributed by atoms with Crippen LogP contribution in [0.1, 0.15) is 17.9 Å². The second-order valence-electron chi connectivity index (χ2n) is 4.37. The Morgan fingerprint density at radius 2 is 2.25 bits per heavy atom. The molecule has 6 nitrogen and oxygen atoms in total. The Kier molecular flexibility index (Phi) is 6.70. The number of ether oxygens (including phenoxy) is 1. The Morgan fingerprint density at radius 3 is 2.80 bits per heavy atom. The van der Waals surface area contributed by atoms with E-state index >= 15 is 0 Å². The molecule has 0 saturated carbocycles. The molecule has 0 saturated heterocycles. The summed E-state index contributed by atoms with van der Waals surface area (Å²) in [6, 6.07) is 4.73. The van der Waals surface area contributed by atoms with E-state index in [1.165, 1.54) is 6.07 Å². The minimum absolute atomic E-state index is 0.0452. The Bertz CT molecular complexity index is 456. The van der Waals surface area contributed by atoms with E-state index in [1.807, 2.05) is 11.9 Å². The van der Waals surface area contributed by atoms with E-state index in [2.05, 4.69) is 0 Å². The highest BCUT2D eigenvalue weighted by molar-refractivity contribution is 6.21. The largest absolute Gasteiger partial charge is 0.487 e. The zero-order chi connectivity index (χ0) is 15.1. The standard InChI is InChI=1S/C13H19ClN2O4/c1-3-20-13-5-4-10(8-12(13)16(18)19)11(14)9-15(2)6-7-17/h4-5,8,11,17H,3,6-7,9H2,1-2H3. The first-order valence-electron chi connectivity index (χ1n) is 6.34. The fourth-order valence-corrected chi connectivity index (χ4v) is 2.16. The van der Waals surface area contributed by atoms with E-state index in [4.69, 9.17) is 21.4 Å². The lowest BCUT2D eigenvalue weighted by Crippen LogP contribution is -2.25. The lowest BCUT2D eigenvalue weighted by molar-refractivity contribution is -0.385. The molecule has 1 aromatic rings. The highest BCUT2D eigenvalue weighted by Gasteiger charge is 2.19. The number of hydrogen-bond donors (Lipinski definition) is 1. The number of halogens is 1. The molecule has 0 aromatic heterocycles. The number of nitro benzene ring substituents is 1. The fourth-order valence-electron chi connectivity index (χ4n) is 1.79. The molecule has 0 fully saturated rings. The fraction of sp³-hybridized carbons (Fsp3) is 0.538. The van der Waals surface area contributed by atoms with Gasteiger partial charge in [-0.25, -0.2) is 0 Å². The van der Waals surface area contributed by atoms with Crippen molar-refractivity contribution in [2.75, 3.05) is 33.4 Å². The van der Waals surface area contributed by atoms with Crippen molar-refractivity contribution in [3.8, 4) is 5.75 Å². The molecule has 112 valence electrons. The van der Waals surface area contributed by atoms with Crippen molar-refractivity contribution in [2.24, 2.45) is 0 Å². The van der Waals surface area contributed by atoms with E-state index in [-0.39, 0.29) is 23.4 Å². The maximum atomic E-state index is 11.0. The van der Waals surface area contributed by atoms with Crippen molar-refractivity contribution in [3.63, 3.8) is 0 Å². The summed E-state index contributed by atoms with van der Waals surface area (Å²) >= 11 is 6.26. The second kappa shape index (κ2) is 8.04. The lowest BCUT2D eigenvalue weighted by Gasteiger charge is -2.19. The Morgan fingerprint density at radius 1 is 1.55 bits per heavy atom. The van der Waals surface area contributed by atoms with Gasteiger partial charge < -0.3 is 14.7 Å². The maximum absolute atomic E-state index is 11.0. The molecule has 0 aliphatic rings. The first-order valence-corrected chi connectivity index (χ1v) is 6.77. The minimum Gasteiger partial charge on any atom is -0.487 e. The summed E-state index contributed by atoms with van der Waals surface area (Å²) in [4.78, 5) is 12.4. The predicted molar refractivity (Wildman–Crippen MR) is 77.4 cm³/mol. The van der Waals surface area contributed by atoms with Gasteiger partial charge in [-0.05, 0) is 25.6 Å². The molecule has 1 aromatic carbocycles. The van der Waals surface area contributed by atoms with Crippen LogP contribution >= 0.6 is 11.6 Å². The number of hydrogen-bond acceptors (Lipinski definition) is 5. The maximum Gasteiger partial charge on any atom is 0.311 e. The number of aliphatic hydroxyl groups excluding tert-OH is 1. The van der Waals surface area contributed by atoms with Gasteiger partial charge in [-0.15, -0.1) is 11.6 Å². The topological polar surface area (TPSA) is 75.8 Å². The van der Waals surface area contributed by atoms with Crippen molar-refractivity contribution in [1.82, 2.24) is 4.90 Å². The van der Waals surface area contributed by atoms with E-state index in [0.29, 0.717) is 25.3 Å². The molecule has 0 heterocycles. The van der Waals surface area contributed by atoms with Gasteiger partial charge in [-0.2, -0.15) is 0 Å². The van der Waals surface area contributed by atoms with Gasteiger partial charge in [0.05, 0.1) is 23.5 Å². The number of nitrogens with zero attached hydrogens (tertiary/aromatic N) is 2. The molecule has 0 aliphatic carbocycles. The van der Waals surface area contributed by atoms with Crippen LogP contribution in [0.25, 0.3) is 0 Å². The molecular weight excluding hydrogens is 284 g/mol. The Balaban J connectivity index is 2.90. The van der Waals surface area contributed by atoms with E-state index in [0.717, 1.165) is 0 Å². The van der Waals surface area contributed by atoms with Gasteiger partial charge in [-0.1, -0.05) is 6.07 Å². The molecule has 0 spiro atoms. The number of benzene rings is 1. The summed E-state index contributed by atoms with van der Waals surface area (Å²) in [7, 11) is 1.83. The van der Waals surface area contributed by atoms with Crippen LogP contribution in [-0.4, -0.2) is 48.3 Å². The quantitative estimate of drug-likeness (QED) is 0.452. The van der Waals surface area contributed by atoms with Gasteiger partial charge in [0.2, 0.25) is 0 Å². The van der Waals surface area contributed by atoms with E-state index in [1.54, 1.807) is 19.1 Å². The smallest absolute Gasteiger partial charge is 0.311 e. The van der Waals surface area contributed by atoms with Crippen molar-refractivity contribution < 1.29 is 14.8 Å². The third kappa shape index (κ3) is 4.63. The van der Waals surface area contributed by atoms with Crippen molar-refractivity contribution in [2.45, 2.75) is 12.3 Å². The summed E-state index contributed by atoms with van der Waals surface area (Å²) < 4.78 is 5.22. The minimum atomic E-state index is -0.477. The molecule has 0 bridgehead atoms. The van der Waals surface area contributed by atoms with Gasteiger partial charge in [0, 0.05) is 19.2 Å². The summed E-state index contributed by atoms with van der Waals surface area (Å²) in [5.41, 5.74) is 0.575. The van der Waals surface area contributed by atoms with Crippen molar-refractivity contribution in [1.29, 1.82) is 0 Å². The van der Waals surface area contributed by atoms with Crippen LogP contribution in [0.3, 0.4) is 0 Å². The van der Waals surface area contributed by atoms with Crippen LogP contribution < -0.4 is 4.74 Å². The highest BCUT2D eigenvalue weighted by atomic mass is 35.5. The van der Waals surface area contributed by atoms with Gasteiger partial charge in [0.15, 0.2) is 5.75 Å². The second-order valence-corrected chi connectivity index (χ2v) is 4.90. The molecule has 0 aliphatic heterocycles. The molecule has 1 rings (SSSR count). The molecule has 7 heteroatoms. The summed E-state index contributed by atoms with van der Waals surface area (Å²) in [5.74, 6) is 0.244. The van der Waals surface area contributed by atoms with E-state index < -0.39 is 4.92 Å². The van der Waals surface area contributed by atoms with Crippen LogP contribution in [0.4, 0.5) is 5.69 Å². The molecule has 0 radical (unpaired) electrons. The SMILES string of the molecule is CCOc1ccc(C(Cl)CN(C)CCO)cc1[N+](=O)[O-]. The summed E-state index contributed by atoms with van der Waals surface area (Å²) in [5, 5.41) is 19.5. The Labute approximate surface area is 123 Å². The Hall–Kier alpha value is -1.37. The van der Waals surface area contributed by atoms with Crippen molar-refractivity contribution >= 4 is 17.3 Å². The van der Waals surface area contributed by atoms with Crippen LogP contribution in [-0.2, 0) is 0 Å². The van der Waals surface area contributed by atoms with Gasteiger partial charge in [0.25, 0.3) is 0 Å². The van der Waals surface area contributed by atoms with Gasteiger partial charge in [-0.3, -0.25) is 10.1 Å². The number of likely N-dealkylation sites (N-methyl/N-ethyl adjacent to an activating group) is 1. The third-order valence-corrected chi connectivity index (χ3v) is 3.18. The molecule has 1 N–H and O–H groups in total. The normalized spacial score (nSPS) is 12.4. The van der Waals surface area contributed by atoms with Crippen LogP contribution in [0.2, 0.25) is 0 Å². The molecule has 0 amide bonds. The first kappa shape index (κ1) is 16.7. The number of nitro groups is 1. The average molecular weight is 303 g/mol. The third-order valence-electron chi connectivity index (χ3n) is 2.79. The number of alkyl halides is 1. The zero-order valence-electron chi connectivity index (χ0n) is 11.6. The van der Waals surface area contributed by atoms with Gasteiger partial charge in [0.1, 0.15) is 0 Å². The molecule has 20 heavy (non-hydrogen) atoms. The molecule has 1 unspecified atom stereocenters. The lowest BCUT2D eigenvalue weighted by atomic mass is 10.1. The van der Waals surface area contributed by atoms with Crippen molar-refractivity contribution in [3.05, 3.63) is 33.9 Å². The molecular formula is C13H19ClN2O4. The summed E-state index contributed by atoms with van der Waals surface area (Å²) in [6.07, 6.45) is 0. The monoisotopic (exact) mass is 302 g/mol. The van der Waals surface area contributed by atoms with Crippen LogP contribution in [0.15, 0.2) is 18.2 Å². The predicted octanol–water partition coefficient (Wildman–Crippen LogP) is 2.20. The highest BCUT2D eigenvalue weighted by Crippen LogP contribution is 2.32.